The van der Waals surface area contributed by atoms with Crippen LogP contribution in [0.1, 0.15) is 63.5 Å². The zero-order valence-corrected chi connectivity index (χ0v) is 18.6. The zero-order valence-electron chi connectivity index (χ0n) is 18.6. The van der Waals surface area contributed by atoms with Crippen molar-refractivity contribution in [2.24, 2.45) is 16.8 Å². The third-order valence-electron chi connectivity index (χ3n) is 6.36. The van der Waals surface area contributed by atoms with E-state index in [9.17, 15) is 24.6 Å². The predicted octanol–water partition coefficient (Wildman–Crippen LogP) is 4.44. The van der Waals surface area contributed by atoms with Crippen LogP contribution in [-0.4, -0.2) is 39.9 Å². The molecule has 4 atom stereocenters. The van der Waals surface area contributed by atoms with Crippen molar-refractivity contribution in [3.8, 4) is 0 Å². The first-order valence-electron chi connectivity index (χ1n) is 10.9. The van der Waals surface area contributed by atoms with E-state index in [2.05, 4.69) is 11.9 Å². The Bertz CT molecular complexity index is 1010. The maximum atomic E-state index is 12.4. The number of hydrogen-bond donors (Lipinski definition) is 2. The van der Waals surface area contributed by atoms with Crippen molar-refractivity contribution in [1.29, 1.82) is 0 Å². The highest BCUT2D eigenvalue weighted by molar-refractivity contribution is 6.06. The normalized spacial score (nSPS) is 26.0. The molecule has 1 heterocycles. The molecule has 0 bridgehead atoms. The average molecular weight is 440 g/mol. The number of carbonyl (C=O) groups excluding carboxylic acids is 1. The van der Waals surface area contributed by atoms with Gasteiger partial charge in [0, 0.05) is 23.4 Å². The van der Waals surface area contributed by atoms with Gasteiger partial charge in [-0.05, 0) is 56.2 Å². The quantitative estimate of drug-likeness (QED) is 0.500. The summed E-state index contributed by atoms with van der Waals surface area (Å²) in [6.07, 6.45) is 6.87. The van der Waals surface area contributed by atoms with E-state index in [0.717, 1.165) is 25.7 Å². The monoisotopic (exact) mass is 439 g/mol. The SMILES string of the molecule is CC1=NC(C)=C(C(=O)O)C(c2ccccc2C=CC(=O)OC2CCCCC2C)C1C(=O)O. The van der Waals surface area contributed by atoms with Gasteiger partial charge in [0.2, 0.25) is 0 Å². The van der Waals surface area contributed by atoms with Crippen LogP contribution in [0, 0.1) is 11.8 Å². The van der Waals surface area contributed by atoms with Crippen LogP contribution < -0.4 is 0 Å². The summed E-state index contributed by atoms with van der Waals surface area (Å²) in [6, 6.07) is 6.92. The number of nitrogens with zero attached hydrogens (tertiary/aromatic N) is 1. The largest absolute Gasteiger partial charge is 0.481 e. The standard InChI is InChI=1S/C25H29NO6/c1-14-8-4-7-11-19(14)32-20(27)13-12-17-9-5-6-10-18(17)23-21(24(28)29)15(2)26-16(3)22(23)25(30)31/h5-6,9-10,12-14,19,21,23H,4,7-8,11H2,1-3H3,(H,28,29)(H,30,31). The van der Waals surface area contributed by atoms with Gasteiger partial charge in [-0.1, -0.05) is 37.6 Å². The van der Waals surface area contributed by atoms with Crippen molar-refractivity contribution in [1.82, 2.24) is 0 Å². The first-order valence-corrected chi connectivity index (χ1v) is 10.9. The van der Waals surface area contributed by atoms with Crippen molar-refractivity contribution < 1.29 is 29.3 Å². The summed E-state index contributed by atoms with van der Waals surface area (Å²) in [7, 11) is 0. The second-order valence-corrected chi connectivity index (χ2v) is 8.55. The van der Waals surface area contributed by atoms with Gasteiger partial charge >= 0.3 is 17.9 Å². The number of carboxylic acids is 2. The summed E-state index contributed by atoms with van der Waals surface area (Å²) in [5.41, 5.74) is 1.65. The second kappa shape index (κ2) is 9.94. The lowest BCUT2D eigenvalue weighted by Gasteiger charge is -2.30. The van der Waals surface area contributed by atoms with Gasteiger partial charge in [0.25, 0.3) is 0 Å². The molecule has 0 aromatic heterocycles. The number of ether oxygens (including phenoxy) is 1. The molecule has 170 valence electrons. The molecule has 4 unspecified atom stereocenters. The lowest BCUT2D eigenvalue weighted by atomic mass is 9.74. The number of aliphatic imine (C=N–C) groups is 1. The molecular weight excluding hydrogens is 410 g/mol. The van der Waals surface area contributed by atoms with Gasteiger partial charge in [0.05, 0.1) is 5.57 Å². The van der Waals surface area contributed by atoms with E-state index >= 15 is 0 Å². The van der Waals surface area contributed by atoms with Gasteiger partial charge in [-0.25, -0.2) is 9.59 Å². The Morgan fingerprint density at radius 2 is 1.78 bits per heavy atom. The number of hydrogen-bond acceptors (Lipinski definition) is 5. The molecule has 3 rings (SSSR count). The van der Waals surface area contributed by atoms with Crippen LogP contribution >= 0.6 is 0 Å². The van der Waals surface area contributed by atoms with Gasteiger partial charge in [0.1, 0.15) is 12.0 Å². The zero-order chi connectivity index (χ0) is 23.4. The molecule has 0 saturated heterocycles. The minimum Gasteiger partial charge on any atom is -0.481 e. The minimum absolute atomic E-state index is 0.0533. The summed E-state index contributed by atoms with van der Waals surface area (Å²) < 4.78 is 5.62. The average Bonchev–Trinajstić information content (AvgIpc) is 2.73. The van der Waals surface area contributed by atoms with E-state index in [1.165, 1.54) is 6.08 Å². The molecule has 1 aliphatic heterocycles. The number of benzene rings is 1. The Hall–Kier alpha value is -3.22. The topological polar surface area (TPSA) is 113 Å². The van der Waals surface area contributed by atoms with Crippen molar-refractivity contribution >= 4 is 29.7 Å². The summed E-state index contributed by atoms with van der Waals surface area (Å²) in [6.45, 7) is 5.24. The lowest BCUT2D eigenvalue weighted by Crippen LogP contribution is -2.35. The van der Waals surface area contributed by atoms with E-state index in [4.69, 9.17) is 4.74 Å². The summed E-state index contributed by atoms with van der Waals surface area (Å²) >= 11 is 0. The van der Waals surface area contributed by atoms with E-state index in [-0.39, 0.29) is 17.4 Å². The van der Waals surface area contributed by atoms with E-state index in [1.807, 2.05) is 0 Å². The maximum Gasteiger partial charge on any atom is 0.334 e. The Balaban J connectivity index is 1.94. The minimum atomic E-state index is -1.21. The van der Waals surface area contributed by atoms with Gasteiger partial charge in [-0.3, -0.25) is 9.79 Å². The van der Waals surface area contributed by atoms with Crippen LogP contribution in [-0.2, 0) is 19.1 Å². The number of allylic oxidation sites excluding steroid dienone is 1. The van der Waals surface area contributed by atoms with Crippen LogP contribution in [0.25, 0.3) is 6.08 Å². The molecule has 1 aromatic carbocycles. The van der Waals surface area contributed by atoms with E-state index in [1.54, 1.807) is 44.2 Å². The van der Waals surface area contributed by atoms with Crippen LogP contribution in [0.3, 0.4) is 0 Å². The van der Waals surface area contributed by atoms with Crippen molar-refractivity contribution in [2.45, 2.75) is 58.5 Å². The first-order chi connectivity index (χ1) is 15.2. The highest BCUT2D eigenvalue weighted by Gasteiger charge is 2.41. The molecular formula is C25H29NO6. The smallest absolute Gasteiger partial charge is 0.334 e. The van der Waals surface area contributed by atoms with Crippen LogP contribution in [0.4, 0.5) is 0 Å². The lowest BCUT2D eigenvalue weighted by molar-refractivity contribution is -0.147. The first kappa shape index (κ1) is 23.4. The molecule has 1 fully saturated rings. The molecule has 0 spiro atoms. The Kier molecular flexibility index (Phi) is 7.28. The fourth-order valence-electron chi connectivity index (χ4n) is 4.72. The molecule has 2 aliphatic rings. The molecule has 1 saturated carbocycles. The predicted molar refractivity (Wildman–Crippen MR) is 120 cm³/mol. The highest BCUT2D eigenvalue weighted by Crippen LogP contribution is 2.40. The molecule has 2 N–H and O–H groups in total. The fourth-order valence-corrected chi connectivity index (χ4v) is 4.72. The number of esters is 1. The third kappa shape index (κ3) is 4.98. The van der Waals surface area contributed by atoms with Gasteiger partial charge in [-0.2, -0.15) is 0 Å². The fraction of sp³-hybridized carbons (Fsp3) is 0.440. The number of carboxylic acid groups (broad SMARTS) is 2. The highest BCUT2D eigenvalue weighted by atomic mass is 16.5. The molecule has 1 aliphatic carbocycles. The molecule has 32 heavy (non-hydrogen) atoms. The van der Waals surface area contributed by atoms with Crippen LogP contribution in [0.2, 0.25) is 0 Å². The molecule has 7 heteroatoms. The number of carbonyl (C=O) groups is 3. The number of aliphatic carboxylic acids is 2. The molecule has 0 amide bonds. The van der Waals surface area contributed by atoms with Gasteiger partial charge in [0.15, 0.2) is 0 Å². The number of rotatable bonds is 6. The van der Waals surface area contributed by atoms with E-state index in [0.29, 0.717) is 22.8 Å². The van der Waals surface area contributed by atoms with Crippen molar-refractivity contribution in [2.75, 3.05) is 0 Å². The Labute approximate surface area is 187 Å². The Morgan fingerprint density at radius 3 is 2.44 bits per heavy atom. The molecule has 7 nitrogen and oxygen atoms in total. The summed E-state index contributed by atoms with van der Waals surface area (Å²) in [5.74, 6) is -4.54. The van der Waals surface area contributed by atoms with Crippen molar-refractivity contribution in [3.63, 3.8) is 0 Å². The molecule has 0 radical (unpaired) electrons. The third-order valence-corrected chi connectivity index (χ3v) is 6.36. The Morgan fingerprint density at radius 1 is 1.09 bits per heavy atom. The van der Waals surface area contributed by atoms with Gasteiger partial charge < -0.3 is 14.9 Å². The summed E-state index contributed by atoms with van der Waals surface area (Å²) in [5, 5.41) is 19.7. The van der Waals surface area contributed by atoms with Crippen molar-refractivity contribution in [3.05, 3.63) is 52.7 Å². The van der Waals surface area contributed by atoms with Crippen LogP contribution in [0.15, 0.2) is 46.6 Å². The molecule has 1 aromatic rings. The second-order valence-electron chi connectivity index (χ2n) is 8.55. The summed E-state index contributed by atoms with van der Waals surface area (Å²) in [4.78, 5) is 40.7. The maximum absolute atomic E-state index is 12.4. The van der Waals surface area contributed by atoms with Crippen LogP contribution in [0.5, 0.6) is 0 Å². The van der Waals surface area contributed by atoms with E-state index < -0.39 is 29.7 Å². The van der Waals surface area contributed by atoms with Gasteiger partial charge in [-0.15, -0.1) is 0 Å².